The molecule has 0 radical (unpaired) electrons. The Kier molecular flexibility index (Phi) is 10.6. The van der Waals surface area contributed by atoms with Crippen molar-refractivity contribution >= 4 is 47.4 Å². The first-order valence-electron chi connectivity index (χ1n) is 11.3. The van der Waals surface area contributed by atoms with E-state index in [0.29, 0.717) is 12.5 Å². The molecule has 31 heavy (non-hydrogen) atoms. The number of nitrogens with one attached hydrogen (secondary N) is 3. The van der Waals surface area contributed by atoms with Crippen LogP contribution in [0.1, 0.15) is 57.9 Å². The Balaban J connectivity index is 0.00000341. The molecular weight excluding hydrogens is 505 g/mol. The number of rotatable bonds is 6. The molecule has 3 N–H and O–H groups in total. The van der Waals surface area contributed by atoms with Gasteiger partial charge >= 0.3 is 0 Å². The summed E-state index contributed by atoms with van der Waals surface area (Å²) in [7, 11) is 0. The van der Waals surface area contributed by atoms with Gasteiger partial charge in [-0.2, -0.15) is 0 Å². The van der Waals surface area contributed by atoms with Crippen LogP contribution in [0, 0.1) is 5.92 Å². The molecule has 2 aliphatic rings. The van der Waals surface area contributed by atoms with Crippen molar-refractivity contribution in [1.29, 1.82) is 0 Å². The molecule has 1 aromatic carbocycles. The Morgan fingerprint density at radius 2 is 1.94 bits per heavy atom. The second kappa shape index (κ2) is 12.9. The first-order chi connectivity index (χ1) is 14.5. The molecule has 1 atom stereocenters. The molecule has 1 aliphatic carbocycles. The fourth-order valence-electron chi connectivity index (χ4n) is 4.32. The summed E-state index contributed by atoms with van der Waals surface area (Å²) < 4.78 is 0. The molecule has 0 aromatic heterocycles. The van der Waals surface area contributed by atoms with Gasteiger partial charge in [0.1, 0.15) is 0 Å². The number of benzene rings is 1. The summed E-state index contributed by atoms with van der Waals surface area (Å²) in [5, 5.41) is 9.60. The van der Waals surface area contributed by atoms with Gasteiger partial charge in [-0.1, -0.05) is 31.4 Å². The van der Waals surface area contributed by atoms with Gasteiger partial charge in [0.05, 0.1) is 6.54 Å². The van der Waals surface area contributed by atoms with Gasteiger partial charge in [-0.3, -0.25) is 9.59 Å². The minimum absolute atomic E-state index is 0. The van der Waals surface area contributed by atoms with Crippen molar-refractivity contribution in [3.63, 3.8) is 0 Å². The van der Waals surface area contributed by atoms with Crippen molar-refractivity contribution < 1.29 is 9.59 Å². The molecule has 1 saturated carbocycles. The van der Waals surface area contributed by atoms with Crippen LogP contribution in [0.15, 0.2) is 29.3 Å². The minimum Gasteiger partial charge on any atom is -0.357 e. The monoisotopic (exact) mass is 541 g/mol. The van der Waals surface area contributed by atoms with Gasteiger partial charge in [0.25, 0.3) is 0 Å². The highest BCUT2D eigenvalue weighted by Gasteiger charge is 2.31. The van der Waals surface area contributed by atoms with Crippen LogP contribution >= 0.6 is 24.0 Å². The van der Waals surface area contributed by atoms with Crippen molar-refractivity contribution in [2.24, 2.45) is 10.9 Å². The minimum atomic E-state index is -0.0841. The van der Waals surface area contributed by atoms with Gasteiger partial charge < -0.3 is 20.9 Å². The highest BCUT2D eigenvalue weighted by atomic mass is 127. The molecule has 1 heterocycles. The smallest absolute Gasteiger partial charge is 0.225 e. The molecule has 2 fully saturated rings. The number of hydrogen-bond acceptors (Lipinski definition) is 3. The Hall–Kier alpha value is -1.84. The van der Waals surface area contributed by atoms with Gasteiger partial charge in [0.2, 0.25) is 11.8 Å². The van der Waals surface area contributed by atoms with Crippen LogP contribution in [0.4, 0.5) is 5.69 Å². The quantitative estimate of drug-likeness (QED) is 0.293. The predicted octanol–water partition coefficient (Wildman–Crippen LogP) is 3.50. The summed E-state index contributed by atoms with van der Waals surface area (Å²) in [6.07, 6.45) is 6.69. The van der Waals surface area contributed by atoms with Crippen molar-refractivity contribution in [2.75, 3.05) is 25.0 Å². The zero-order valence-electron chi connectivity index (χ0n) is 18.7. The number of halogens is 1. The molecular formula is C23H36IN5O2. The van der Waals surface area contributed by atoms with Gasteiger partial charge in [-0.25, -0.2) is 4.99 Å². The van der Waals surface area contributed by atoms with E-state index in [-0.39, 0.29) is 41.8 Å². The fourth-order valence-corrected chi connectivity index (χ4v) is 4.32. The third-order valence-corrected chi connectivity index (χ3v) is 5.81. The summed E-state index contributed by atoms with van der Waals surface area (Å²) >= 11 is 0. The van der Waals surface area contributed by atoms with Crippen molar-refractivity contribution in [3.05, 3.63) is 29.8 Å². The standard InChI is InChI=1S/C23H35N5O2.HI/c1-3-24-23(25-15-18-8-7-11-20(14-18)26-17(2)29)27-21-12-13-28(16-21)22(30)19-9-5-4-6-10-19;/h7-8,11,14,19,21H,3-6,9-10,12-13,15-16H2,1-2H3,(H,26,29)(H2,24,25,27);1H. The molecule has 0 bridgehead atoms. The van der Waals surface area contributed by atoms with Crippen LogP contribution in [0.3, 0.4) is 0 Å². The molecule has 0 spiro atoms. The molecule has 3 rings (SSSR count). The molecule has 1 aromatic rings. The summed E-state index contributed by atoms with van der Waals surface area (Å²) in [5.74, 6) is 1.25. The molecule has 8 heteroatoms. The van der Waals surface area contributed by atoms with E-state index in [1.165, 1.54) is 26.2 Å². The number of guanidine groups is 1. The Labute approximate surface area is 202 Å². The number of carbonyl (C=O) groups is 2. The summed E-state index contributed by atoms with van der Waals surface area (Å²) in [6.45, 7) is 6.41. The lowest BCUT2D eigenvalue weighted by Gasteiger charge is -2.26. The summed E-state index contributed by atoms with van der Waals surface area (Å²) in [4.78, 5) is 30.8. The van der Waals surface area contributed by atoms with Gasteiger partial charge in [-0.05, 0) is 43.9 Å². The average molecular weight is 541 g/mol. The van der Waals surface area contributed by atoms with E-state index in [9.17, 15) is 9.59 Å². The van der Waals surface area contributed by atoms with Gasteiger partial charge in [-0.15, -0.1) is 24.0 Å². The Morgan fingerprint density at radius 3 is 2.65 bits per heavy atom. The van der Waals surface area contributed by atoms with Crippen molar-refractivity contribution in [2.45, 2.75) is 65.0 Å². The van der Waals surface area contributed by atoms with Crippen LogP contribution < -0.4 is 16.0 Å². The lowest BCUT2D eigenvalue weighted by Crippen LogP contribution is -2.45. The molecule has 1 saturated heterocycles. The fraction of sp³-hybridized carbons (Fsp3) is 0.609. The lowest BCUT2D eigenvalue weighted by molar-refractivity contribution is -0.135. The molecule has 1 unspecified atom stereocenters. The maximum absolute atomic E-state index is 12.8. The maximum Gasteiger partial charge on any atom is 0.225 e. The number of aliphatic imine (C=N–C) groups is 1. The van der Waals surface area contributed by atoms with Crippen LogP contribution in [-0.4, -0.2) is 48.3 Å². The Bertz CT molecular complexity index is 764. The summed E-state index contributed by atoms with van der Waals surface area (Å²) in [5.41, 5.74) is 1.81. The third kappa shape index (κ3) is 7.97. The van der Waals surface area contributed by atoms with E-state index >= 15 is 0 Å². The van der Waals surface area contributed by atoms with E-state index < -0.39 is 0 Å². The van der Waals surface area contributed by atoms with E-state index in [2.05, 4.69) is 16.0 Å². The van der Waals surface area contributed by atoms with E-state index in [1.54, 1.807) is 0 Å². The number of amides is 2. The zero-order chi connectivity index (χ0) is 21.3. The van der Waals surface area contributed by atoms with Crippen LogP contribution in [0.25, 0.3) is 0 Å². The van der Waals surface area contributed by atoms with Crippen LogP contribution in [0.2, 0.25) is 0 Å². The first kappa shape index (κ1) is 25.4. The number of anilines is 1. The lowest BCUT2D eigenvalue weighted by atomic mass is 9.88. The van der Waals surface area contributed by atoms with E-state index in [4.69, 9.17) is 4.99 Å². The molecule has 172 valence electrons. The number of carbonyl (C=O) groups excluding carboxylic acids is 2. The molecule has 1 aliphatic heterocycles. The second-order valence-electron chi connectivity index (χ2n) is 8.33. The second-order valence-corrected chi connectivity index (χ2v) is 8.33. The van der Waals surface area contributed by atoms with Gasteiger partial charge in [0.15, 0.2) is 5.96 Å². The first-order valence-corrected chi connectivity index (χ1v) is 11.3. The number of likely N-dealkylation sites (tertiary alicyclic amines) is 1. The largest absolute Gasteiger partial charge is 0.357 e. The van der Waals surface area contributed by atoms with Crippen LogP contribution in [0.5, 0.6) is 0 Å². The van der Waals surface area contributed by atoms with E-state index in [0.717, 1.165) is 56.1 Å². The highest BCUT2D eigenvalue weighted by molar-refractivity contribution is 14.0. The normalized spacial score (nSPS) is 19.5. The molecule has 7 nitrogen and oxygen atoms in total. The zero-order valence-corrected chi connectivity index (χ0v) is 21.0. The molecule has 2 amide bonds. The number of hydrogen-bond donors (Lipinski definition) is 3. The Morgan fingerprint density at radius 1 is 1.16 bits per heavy atom. The van der Waals surface area contributed by atoms with Crippen LogP contribution in [-0.2, 0) is 16.1 Å². The van der Waals surface area contributed by atoms with Crippen molar-refractivity contribution in [1.82, 2.24) is 15.5 Å². The number of nitrogens with zero attached hydrogens (tertiary/aromatic N) is 2. The van der Waals surface area contributed by atoms with Gasteiger partial charge in [0, 0.05) is 44.2 Å². The summed E-state index contributed by atoms with van der Waals surface area (Å²) in [6, 6.07) is 7.95. The maximum atomic E-state index is 12.8. The van der Waals surface area contributed by atoms with Crippen molar-refractivity contribution in [3.8, 4) is 0 Å². The predicted molar refractivity (Wildman–Crippen MR) is 136 cm³/mol. The average Bonchev–Trinajstić information content (AvgIpc) is 3.20. The highest BCUT2D eigenvalue weighted by Crippen LogP contribution is 2.26. The SMILES string of the molecule is CCNC(=NCc1cccc(NC(C)=O)c1)NC1CCN(C(=O)C2CCCCC2)C1.I. The van der Waals surface area contributed by atoms with E-state index in [1.807, 2.05) is 36.1 Å². The third-order valence-electron chi connectivity index (χ3n) is 5.81. The topological polar surface area (TPSA) is 85.8 Å².